The molecule has 0 N–H and O–H groups in total. The van der Waals surface area contributed by atoms with Crippen LogP contribution in [0.5, 0.6) is 0 Å². The first-order valence-corrected chi connectivity index (χ1v) is 6.45. The molecule has 0 saturated carbocycles. The molecule has 0 amide bonds. The summed E-state index contributed by atoms with van der Waals surface area (Å²) in [6.45, 7) is 0. The molecule has 0 saturated heterocycles. The molecule has 0 unspecified atom stereocenters. The van der Waals surface area contributed by atoms with E-state index in [0.29, 0.717) is 21.2 Å². The molecule has 5 nitrogen and oxygen atoms in total. The molecule has 0 aliphatic heterocycles. The molecule has 6 heteroatoms. The van der Waals surface area contributed by atoms with Crippen molar-refractivity contribution in [1.82, 2.24) is 0 Å². The number of benzene rings is 2. The van der Waals surface area contributed by atoms with E-state index in [1.54, 1.807) is 36.4 Å². The lowest BCUT2D eigenvalue weighted by molar-refractivity contribution is -0.384. The Bertz CT molecular complexity index is 685. The van der Waals surface area contributed by atoms with Crippen molar-refractivity contribution in [2.24, 2.45) is 0 Å². The van der Waals surface area contributed by atoms with Gasteiger partial charge in [-0.05, 0) is 39.7 Å². The van der Waals surface area contributed by atoms with Gasteiger partial charge in [-0.15, -0.1) is 0 Å². The SMILES string of the molecule is COC(=O)c1cc(-c2ccccc2[N+](=O)[O-])ccc1Br. The summed E-state index contributed by atoms with van der Waals surface area (Å²) >= 11 is 3.26. The van der Waals surface area contributed by atoms with E-state index in [1.165, 1.54) is 13.2 Å². The Hall–Kier alpha value is -2.21. The standard InChI is InChI=1S/C14H10BrNO4/c1-20-14(17)11-8-9(6-7-12(11)15)10-4-2-3-5-13(10)16(18)19/h2-8H,1H3. The lowest BCUT2D eigenvalue weighted by Crippen LogP contribution is -2.02. The number of nitro groups is 1. The van der Waals surface area contributed by atoms with Gasteiger partial charge in [-0.1, -0.05) is 18.2 Å². The summed E-state index contributed by atoms with van der Waals surface area (Å²) in [4.78, 5) is 22.2. The number of nitrogens with zero attached hydrogens (tertiary/aromatic N) is 1. The number of methoxy groups -OCH3 is 1. The third-order valence-electron chi connectivity index (χ3n) is 2.78. The van der Waals surface area contributed by atoms with Crippen LogP contribution in [0.4, 0.5) is 5.69 Å². The fourth-order valence-corrected chi connectivity index (χ4v) is 2.24. The van der Waals surface area contributed by atoms with Gasteiger partial charge in [0.25, 0.3) is 5.69 Å². The van der Waals surface area contributed by atoms with Crippen LogP contribution in [0.2, 0.25) is 0 Å². The van der Waals surface area contributed by atoms with Gasteiger partial charge in [0.2, 0.25) is 0 Å². The van der Waals surface area contributed by atoms with Crippen molar-refractivity contribution in [2.45, 2.75) is 0 Å². The fraction of sp³-hybridized carbons (Fsp3) is 0.0714. The summed E-state index contributed by atoms with van der Waals surface area (Å²) in [7, 11) is 1.28. The number of hydrogen-bond acceptors (Lipinski definition) is 4. The van der Waals surface area contributed by atoms with E-state index in [9.17, 15) is 14.9 Å². The highest BCUT2D eigenvalue weighted by Gasteiger charge is 2.17. The molecule has 0 bridgehead atoms. The molecule has 102 valence electrons. The molecule has 20 heavy (non-hydrogen) atoms. The van der Waals surface area contributed by atoms with E-state index in [2.05, 4.69) is 20.7 Å². The molecular weight excluding hydrogens is 326 g/mol. The maximum absolute atomic E-state index is 11.7. The third-order valence-corrected chi connectivity index (χ3v) is 3.47. The zero-order chi connectivity index (χ0) is 14.7. The van der Waals surface area contributed by atoms with Crippen molar-refractivity contribution in [3.05, 3.63) is 62.6 Å². The van der Waals surface area contributed by atoms with Crippen LogP contribution >= 0.6 is 15.9 Å². The lowest BCUT2D eigenvalue weighted by atomic mass is 10.0. The summed E-state index contributed by atoms with van der Waals surface area (Å²) in [6.07, 6.45) is 0. The van der Waals surface area contributed by atoms with Crippen molar-refractivity contribution >= 4 is 27.6 Å². The van der Waals surface area contributed by atoms with Gasteiger partial charge in [0.1, 0.15) is 0 Å². The second kappa shape index (κ2) is 5.83. The van der Waals surface area contributed by atoms with Crippen molar-refractivity contribution < 1.29 is 14.5 Å². The average Bonchev–Trinajstić information content (AvgIpc) is 2.47. The van der Waals surface area contributed by atoms with Crippen molar-refractivity contribution in [3.8, 4) is 11.1 Å². The number of carbonyl (C=O) groups excluding carboxylic acids is 1. The van der Waals surface area contributed by atoms with Crippen molar-refractivity contribution in [3.63, 3.8) is 0 Å². The molecule has 0 spiro atoms. The highest BCUT2D eigenvalue weighted by molar-refractivity contribution is 9.10. The smallest absolute Gasteiger partial charge is 0.339 e. The molecule has 0 radical (unpaired) electrons. The monoisotopic (exact) mass is 335 g/mol. The first kappa shape index (κ1) is 14.2. The molecule has 0 aliphatic rings. The topological polar surface area (TPSA) is 69.4 Å². The highest BCUT2D eigenvalue weighted by Crippen LogP contribution is 2.32. The van der Waals surface area contributed by atoms with E-state index in [-0.39, 0.29) is 5.69 Å². The number of halogens is 1. The number of carbonyl (C=O) groups is 1. The highest BCUT2D eigenvalue weighted by atomic mass is 79.9. The van der Waals surface area contributed by atoms with Crippen LogP contribution in [0.15, 0.2) is 46.9 Å². The van der Waals surface area contributed by atoms with Crippen LogP contribution in [0.3, 0.4) is 0 Å². The van der Waals surface area contributed by atoms with Gasteiger partial charge in [-0.3, -0.25) is 10.1 Å². The Morgan fingerprint density at radius 1 is 1.25 bits per heavy atom. The minimum absolute atomic E-state index is 0.00867. The molecule has 0 aliphatic carbocycles. The summed E-state index contributed by atoms with van der Waals surface area (Å²) in [6, 6.07) is 11.3. The Morgan fingerprint density at radius 3 is 2.60 bits per heavy atom. The van der Waals surface area contributed by atoms with E-state index < -0.39 is 10.9 Å². The second-order valence-electron chi connectivity index (χ2n) is 3.96. The van der Waals surface area contributed by atoms with Crippen LogP contribution in [0.25, 0.3) is 11.1 Å². The summed E-state index contributed by atoms with van der Waals surface area (Å²) in [5, 5.41) is 11.0. The molecule has 0 atom stereocenters. The third kappa shape index (κ3) is 2.70. The van der Waals surface area contributed by atoms with E-state index >= 15 is 0 Å². The molecule has 0 aromatic heterocycles. The van der Waals surface area contributed by atoms with Crippen molar-refractivity contribution in [1.29, 1.82) is 0 Å². The molecule has 0 heterocycles. The minimum Gasteiger partial charge on any atom is -0.465 e. The van der Waals surface area contributed by atoms with Gasteiger partial charge in [-0.25, -0.2) is 4.79 Å². The van der Waals surface area contributed by atoms with Crippen LogP contribution in [-0.4, -0.2) is 18.0 Å². The number of esters is 1. The molecule has 2 rings (SSSR count). The Labute approximate surface area is 123 Å². The first-order chi connectivity index (χ1) is 9.54. The summed E-state index contributed by atoms with van der Waals surface area (Å²) < 4.78 is 5.26. The predicted octanol–water partition coefficient (Wildman–Crippen LogP) is 3.81. The predicted molar refractivity (Wildman–Crippen MR) is 77.6 cm³/mol. The number of ether oxygens (including phenoxy) is 1. The van der Waals surface area contributed by atoms with E-state index in [4.69, 9.17) is 0 Å². The maximum atomic E-state index is 11.7. The van der Waals surface area contributed by atoms with Crippen LogP contribution in [0, 0.1) is 10.1 Å². The Kier molecular flexibility index (Phi) is 4.14. The number of nitro benzene ring substituents is 1. The number of rotatable bonds is 3. The normalized spacial score (nSPS) is 10.1. The van der Waals surface area contributed by atoms with Gasteiger partial charge in [-0.2, -0.15) is 0 Å². The zero-order valence-electron chi connectivity index (χ0n) is 10.5. The van der Waals surface area contributed by atoms with Gasteiger partial charge >= 0.3 is 5.97 Å². The Morgan fingerprint density at radius 2 is 1.95 bits per heavy atom. The second-order valence-corrected chi connectivity index (χ2v) is 4.81. The van der Waals surface area contributed by atoms with Crippen LogP contribution in [0.1, 0.15) is 10.4 Å². The number of para-hydroxylation sites is 1. The van der Waals surface area contributed by atoms with Gasteiger partial charge in [0, 0.05) is 10.5 Å². The van der Waals surface area contributed by atoms with Crippen molar-refractivity contribution in [2.75, 3.05) is 7.11 Å². The Balaban J connectivity index is 2.60. The fourth-order valence-electron chi connectivity index (χ4n) is 1.84. The molecular formula is C14H10BrNO4. The van der Waals surface area contributed by atoms with Gasteiger partial charge in [0.15, 0.2) is 0 Å². The molecule has 0 fully saturated rings. The van der Waals surface area contributed by atoms with E-state index in [0.717, 1.165) is 0 Å². The maximum Gasteiger partial charge on any atom is 0.339 e. The van der Waals surface area contributed by atoms with E-state index in [1.807, 2.05) is 0 Å². The van der Waals surface area contributed by atoms with Gasteiger partial charge < -0.3 is 4.74 Å². The molecule has 2 aromatic rings. The van der Waals surface area contributed by atoms with Gasteiger partial charge in [0.05, 0.1) is 23.2 Å². The average molecular weight is 336 g/mol. The van der Waals surface area contributed by atoms with Crippen LogP contribution in [-0.2, 0) is 4.74 Å². The summed E-state index contributed by atoms with van der Waals surface area (Å²) in [5.74, 6) is -0.502. The molecule has 2 aromatic carbocycles. The first-order valence-electron chi connectivity index (χ1n) is 5.66. The van der Waals surface area contributed by atoms with Crippen LogP contribution < -0.4 is 0 Å². The largest absolute Gasteiger partial charge is 0.465 e. The minimum atomic E-state index is -0.502. The lowest BCUT2D eigenvalue weighted by Gasteiger charge is -2.07. The zero-order valence-corrected chi connectivity index (χ0v) is 12.1. The number of hydrogen-bond donors (Lipinski definition) is 0. The summed E-state index contributed by atoms with van der Waals surface area (Å²) in [5.41, 5.74) is 1.35. The quantitative estimate of drug-likeness (QED) is 0.485.